The van der Waals surface area contributed by atoms with E-state index in [2.05, 4.69) is 9.55 Å². The van der Waals surface area contributed by atoms with Crippen molar-refractivity contribution in [3.05, 3.63) is 60.4 Å². The number of amides is 1. The second-order valence-corrected chi connectivity index (χ2v) is 8.07. The lowest BCUT2D eigenvalue weighted by atomic mass is 9.79. The number of likely N-dealkylation sites (tertiary alicyclic amines) is 1. The molecule has 6 heteroatoms. The summed E-state index contributed by atoms with van der Waals surface area (Å²) in [6, 6.07) is 13.6. The fourth-order valence-electron chi connectivity index (χ4n) is 4.62. The summed E-state index contributed by atoms with van der Waals surface area (Å²) in [5.74, 6) is 1.15. The van der Waals surface area contributed by atoms with Gasteiger partial charge in [-0.25, -0.2) is 4.98 Å². The number of rotatable bonds is 5. The highest BCUT2D eigenvalue weighted by Gasteiger charge is 2.54. The van der Waals surface area contributed by atoms with Gasteiger partial charge in [0.05, 0.1) is 19.7 Å². The Labute approximate surface area is 170 Å². The van der Waals surface area contributed by atoms with E-state index in [-0.39, 0.29) is 11.5 Å². The van der Waals surface area contributed by atoms with E-state index in [1.165, 1.54) is 0 Å². The van der Waals surface area contributed by atoms with E-state index in [4.69, 9.17) is 9.47 Å². The minimum absolute atomic E-state index is 0.0837. The molecule has 3 aromatic rings. The molecule has 2 aliphatic rings. The van der Waals surface area contributed by atoms with Crippen molar-refractivity contribution in [2.45, 2.75) is 18.4 Å². The van der Waals surface area contributed by atoms with E-state index in [0.29, 0.717) is 31.5 Å². The van der Waals surface area contributed by atoms with E-state index >= 15 is 0 Å². The first kappa shape index (κ1) is 18.2. The van der Waals surface area contributed by atoms with Gasteiger partial charge in [-0.3, -0.25) is 4.79 Å². The van der Waals surface area contributed by atoms with Crippen molar-refractivity contribution >= 4 is 16.8 Å². The molecule has 5 rings (SSSR count). The number of aromatic nitrogens is 2. The van der Waals surface area contributed by atoms with Gasteiger partial charge < -0.3 is 18.9 Å². The Balaban J connectivity index is 1.20. The van der Waals surface area contributed by atoms with Gasteiger partial charge in [-0.15, -0.1) is 0 Å². The summed E-state index contributed by atoms with van der Waals surface area (Å²) in [6.07, 6.45) is 5.68. The largest absolute Gasteiger partial charge is 0.478 e. The molecule has 0 radical (unpaired) electrons. The Morgan fingerprint density at radius 2 is 2.17 bits per heavy atom. The Bertz CT molecular complexity index is 1020. The number of benzene rings is 1. The fraction of sp³-hybridized carbons (Fsp3) is 0.391. The number of nitrogens with zero attached hydrogens (tertiary/aromatic N) is 3. The lowest BCUT2D eigenvalue weighted by Gasteiger charge is -2.50. The Kier molecular flexibility index (Phi) is 4.51. The number of carbonyl (C=O) groups is 1. The van der Waals surface area contributed by atoms with Crippen LogP contribution in [0.4, 0.5) is 0 Å². The van der Waals surface area contributed by atoms with Crippen molar-refractivity contribution in [3.63, 3.8) is 0 Å². The average Bonchev–Trinajstić information content (AvgIpc) is 3.31. The summed E-state index contributed by atoms with van der Waals surface area (Å²) in [5, 5.41) is 1.09. The minimum Gasteiger partial charge on any atom is -0.478 e. The van der Waals surface area contributed by atoms with Gasteiger partial charge in [0.2, 0.25) is 5.88 Å². The summed E-state index contributed by atoms with van der Waals surface area (Å²) in [6.45, 7) is 2.69. The Morgan fingerprint density at radius 1 is 1.28 bits per heavy atom. The molecule has 2 fully saturated rings. The van der Waals surface area contributed by atoms with Gasteiger partial charge in [-0.2, -0.15) is 0 Å². The lowest BCUT2D eigenvalue weighted by molar-refractivity contribution is -0.119. The maximum atomic E-state index is 13.0. The van der Waals surface area contributed by atoms with E-state index in [0.717, 1.165) is 35.9 Å². The third-order valence-electron chi connectivity index (χ3n) is 6.29. The van der Waals surface area contributed by atoms with Crippen LogP contribution in [-0.4, -0.2) is 52.3 Å². The zero-order chi connectivity index (χ0) is 19.8. The third-order valence-corrected chi connectivity index (χ3v) is 6.29. The lowest BCUT2D eigenvalue weighted by Crippen LogP contribution is -2.66. The molecule has 4 heterocycles. The van der Waals surface area contributed by atoms with Gasteiger partial charge in [0.25, 0.3) is 5.91 Å². The number of hydrogen-bond donors (Lipinski definition) is 0. The highest BCUT2D eigenvalue weighted by atomic mass is 16.5. The highest BCUT2D eigenvalue weighted by Crippen LogP contribution is 2.42. The van der Waals surface area contributed by atoms with Gasteiger partial charge in [0.1, 0.15) is 5.60 Å². The van der Waals surface area contributed by atoms with Crippen LogP contribution >= 0.6 is 0 Å². The predicted molar refractivity (Wildman–Crippen MR) is 110 cm³/mol. The van der Waals surface area contributed by atoms with Gasteiger partial charge in [0.15, 0.2) is 0 Å². The first-order chi connectivity index (χ1) is 14.1. The van der Waals surface area contributed by atoms with Crippen molar-refractivity contribution < 1.29 is 14.3 Å². The standard InChI is InChI=1S/C23H25N3O3/c1-25-11-7-17-14-18(5-6-20(17)25)22(27)26-15-23(16-26)19(9-13-29-23)8-12-28-21-4-2-3-10-24-21/h2-7,10-11,14,19H,8-9,12-13,15-16H2,1H3/t19-/m1/s1. The number of fused-ring (bicyclic) bond motifs is 1. The molecule has 2 aromatic heterocycles. The van der Waals surface area contributed by atoms with Gasteiger partial charge in [-0.05, 0) is 49.1 Å². The quantitative estimate of drug-likeness (QED) is 0.670. The fourth-order valence-corrected chi connectivity index (χ4v) is 4.62. The van der Waals surface area contributed by atoms with Gasteiger partial charge in [-0.1, -0.05) is 6.07 Å². The topological polar surface area (TPSA) is 56.6 Å². The molecular formula is C23H25N3O3. The second-order valence-electron chi connectivity index (χ2n) is 8.07. The van der Waals surface area contributed by atoms with Crippen LogP contribution in [-0.2, 0) is 11.8 Å². The molecule has 29 heavy (non-hydrogen) atoms. The molecule has 2 saturated heterocycles. The van der Waals surface area contributed by atoms with Crippen LogP contribution in [0.5, 0.6) is 5.88 Å². The van der Waals surface area contributed by atoms with E-state index < -0.39 is 0 Å². The van der Waals surface area contributed by atoms with Crippen molar-refractivity contribution in [1.82, 2.24) is 14.5 Å². The molecule has 1 spiro atoms. The molecule has 2 aliphatic heterocycles. The summed E-state index contributed by atoms with van der Waals surface area (Å²) >= 11 is 0. The number of carbonyl (C=O) groups excluding carboxylic acids is 1. The first-order valence-corrected chi connectivity index (χ1v) is 10.2. The Hall–Kier alpha value is -2.86. The molecule has 0 N–H and O–H groups in total. The van der Waals surface area contributed by atoms with E-state index in [1.807, 2.05) is 60.6 Å². The monoisotopic (exact) mass is 391 g/mol. The number of aryl methyl sites for hydroxylation is 1. The molecule has 0 unspecified atom stereocenters. The van der Waals surface area contributed by atoms with Crippen LogP contribution in [0.2, 0.25) is 0 Å². The summed E-state index contributed by atoms with van der Waals surface area (Å²) in [4.78, 5) is 19.1. The van der Waals surface area contributed by atoms with Gasteiger partial charge >= 0.3 is 0 Å². The van der Waals surface area contributed by atoms with E-state index in [9.17, 15) is 4.79 Å². The summed E-state index contributed by atoms with van der Waals surface area (Å²) in [7, 11) is 2.01. The Morgan fingerprint density at radius 3 is 3.00 bits per heavy atom. The smallest absolute Gasteiger partial charge is 0.254 e. The number of ether oxygens (including phenoxy) is 2. The molecule has 150 valence electrons. The molecule has 0 aliphatic carbocycles. The van der Waals surface area contributed by atoms with Crippen molar-refractivity contribution in [2.24, 2.45) is 13.0 Å². The van der Waals surface area contributed by atoms with Gasteiger partial charge in [0, 0.05) is 48.6 Å². The summed E-state index contributed by atoms with van der Waals surface area (Å²) in [5.41, 5.74) is 1.67. The number of pyridine rings is 1. The van der Waals surface area contributed by atoms with Crippen LogP contribution in [0, 0.1) is 5.92 Å². The third kappa shape index (κ3) is 3.27. The van der Waals surface area contributed by atoms with Crippen LogP contribution in [0.25, 0.3) is 10.9 Å². The zero-order valence-corrected chi connectivity index (χ0v) is 16.6. The zero-order valence-electron chi connectivity index (χ0n) is 16.6. The SMILES string of the molecule is Cn1ccc2cc(C(=O)N3CC4(C3)OCC[C@H]4CCOc3ccccn3)ccc21. The van der Waals surface area contributed by atoms with Crippen LogP contribution < -0.4 is 4.74 Å². The predicted octanol–water partition coefficient (Wildman–Crippen LogP) is 3.27. The molecule has 1 amide bonds. The van der Waals surface area contributed by atoms with Crippen molar-refractivity contribution in [3.8, 4) is 5.88 Å². The average molecular weight is 391 g/mol. The molecule has 1 aromatic carbocycles. The molecule has 1 atom stereocenters. The second kappa shape index (κ2) is 7.19. The normalized spacial score (nSPS) is 20.2. The van der Waals surface area contributed by atoms with Crippen LogP contribution in [0.1, 0.15) is 23.2 Å². The molecule has 0 saturated carbocycles. The minimum atomic E-state index is -0.208. The first-order valence-electron chi connectivity index (χ1n) is 10.2. The van der Waals surface area contributed by atoms with E-state index in [1.54, 1.807) is 6.20 Å². The maximum Gasteiger partial charge on any atom is 0.254 e. The van der Waals surface area contributed by atoms with Crippen molar-refractivity contribution in [2.75, 3.05) is 26.3 Å². The number of hydrogen-bond acceptors (Lipinski definition) is 4. The summed E-state index contributed by atoms with van der Waals surface area (Å²) < 4.78 is 13.9. The maximum absolute atomic E-state index is 13.0. The highest BCUT2D eigenvalue weighted by molar-refractivity contribution is 5.98. The molecular weight excluding hydrogens is 366 g/mol. The van der Waals surface area contributed by atoms with Crippen LogP contribution in [0.15, 0.2) is 54.9 Å². The molecule has 6 nitrogen and oxygen atoms in total. The van der Waals surface area contributed by atoms with Crippen LogP contribution in [0.3, 0.4) is 0 Å². The molecule has 0 bridgehead atoms. The van der Waals surface area contributed by atoms with Crippen molar-refractivity contribution in [1.29, 1.82) is 0 Å².